The Labute approximate surface area is 158 Å². The van der Waals surface area contributed by atoms with E-state index in [0.717, 1.165) is 6.42 Å². The second-order valence-corrected chi connectivity index (χ2v) is 8.73. The molecular weight excluding hydrogens is 348 g/mol. The first-order valence-corrected chi connectivity index (χ1v) is 9.55. The number of fused-ring (bicyclic) bond motifs is 1. The first-order chi connectivity index (χ1) is 12.7. The maximum absolute atomic E-state index is 13.1. The van der Waals surface area contributed by atoms with E-state index in [0.29, 0.717) is 24.0 Å². The van der Waals surface area contributed by atoms with Crippen LogP contribution in [0.5, 0.6) is 17.2 Å². The Bertz CT molecular complexity index is 857. The second kappa shape index (κ2) is 5.63. The van der Waals surface area contributed by atoms with Gasteiger partial charge in [-0.05, 0) is 31.6 Å². The number of methoxy groups -OCH3 is 1. The van der Waals surface area contributed by atoms with E-state index in [9.17, 15) is 19.8 Å². The SMILES string of the molecule is COc1c(O)c2c(c(O)c1C(C)C)C(=O)CC1C3(C)CCCC21COC3=O. The maximum Gasteiger partial charge on any atom is 0.312 e. The minimum Gasteiger partial charge on any atom is -0.507 e. The number of Topliss-reactive ketones (excluding diaryl/α,β-unsaturated/α-hetero) is 1. The van der Waals surface area contributed by atoms with Gasteiger partial charge >= 0.3 is 5.97 Å². The van der Waals surface area contributed by atoms with Gasteiger partial charge in [0.25, 0.3) is 0 Å². The summed E-state index contributed by atoms with van der Waals surface area (Å²) in [7, 11) is 1.44. The van der Waals surface area contributed by atoms with E-state index in [1.165, 1.54) is 7.11 Å². The molecular formula is C21H26O6. The minimum absolute atomic E-state index is 0.103. The number of ether oxygens (including phenoxy) is 2. The molecule has 1 aliphatic heterocycles. The van der Waals surface area contributed by atoms with Crippen LogP contribution in [-0.2, 0) is 14.9 Å². The molecule has 146 valence electrons. The van der Waals surface area contributed by atoms with Crippen molar-refractivity contribution in [3.63, 3.8) is 0 Å². The summed E-state index contributed by atoms with van der Waals surface area (Å²) in [6.07, 6.45) is 2.33. The van der Waals surface area contributed by atoms with E-state index in [1.807, 2.05) is 20.8 Å². The lowest BCUT2D eigenvalue weighted by atomic mass is 9.47. The molecule has 3 aliphatic rings. The van der Waals surface area contributed by atoms with Gasteiger partial charge in [0, 0.05) is 23.0 Å². The molecule has 4 rings (SSSR count). The van der Waals surface area contributed by atoms with Crippen molar-refractivity contribution in [2.45, 2.75) is 57.8 Å². The fourth-order valence-corrected chi connectivity index (χ4v) is 5.80. The average Bonchev–Trinajstić information content (AvgIpc) is 2.61. The summed E-state index contributed by atoms with van der Waals surface area (Å²) >= 11 is 0. The average molecular weight is 374 g/mol. The van der Waals surface area contributed by atoms with E-state index in [1.54, 1.807) is 0 Å². The van der Waals surface area contributed by atoms with Crippen LogP contribution in [0.1, 0.15) is 73.9 Å². The molecule has 2 bridgehead atoms. The molecule has 6 nitrogen and oxygen atoms in total. The van der Waals surface area contributed by atoms with Crippen LogP contribution in [0, 0.1) is 11.3 Å². The lowest BCUT2D eigenvalue weighted by molar-refractivity contribution is -0.183. The second-order valence-electron chi connectivity index (χ2n) is 8.73. The summed E-state index contributed by atoms with van der Waals surface area (Å²) in [4.78, 5) is 25.6. The largest absolute Gasteiger partial charge is 0.507 e. The zero-order valence-electron chi connectivity index (χ0n) is 16.2. The van der Waals surface area contributed by atoms with Gasteiger partial charge in [0.2, 0.25) is 0 Å². The number of hydrogen-bond acceptors (Lipinski definition) is 6. The number of hydrogen-bond donors (Lipinski definition) is 2. The van der Waals surface area contributed by atoms with Crippen LogP contribution in [0.4, 0.5) is 0 Å². The van der Waals surface area contributed by atoms with Gasteiger partial charge in [0.05, 0.1) is 18.1 Å². The van der Waals surface area contributed by atoms with Gasteiger partial charge in [-0.2, -0.15) is 0 Å². The molecule has 1 saturated carbocycles. The quantitative estimate of drug-likeness (QED) is 0.609. The van der Waals surface area contributed by atoms with Gasteiger partial charge in [-0.15, -0.1) is 0 Å². The maximum atomic E-state index is 13.1. The molecule has 2 fully saturated rings. The molecule has 0 spiro atoms. The van der Waals surface area contributed by atoms with Gasteiger partial charge in [-0.25, -0.2) is 0 Å². The van der Waals surface area contributed by atoms with Gasteiger partial charge in [-0.3, -0.25) is 9.59 Å². The van der Waals surface area contributed by atoms with Crippen molar-refractivity contribution in [2.75, 3.05) is 13.7 Å². The Morgan fingerprint density at radius 3 is 2.52 bits per heavy atom. The number of phenolic OH excluding ortho intramolecular Hbond substituents is 2. The zero-order chi connectivity index (χ0) is 19.7. The van der Waals surface area contributed by atoms with Gasteiger partial charge in [0.15, 0.2) is 17.3 Å². The van der Waals surface area contributed by atoms with Crippen LogP contribution in [0.2, 0.25) is 0 Å². The van der Waals surface area contributed by atoms with Crippen LogP contribution in [0.15, 0.2) is 0 Å². The van der Waals surface area contributed by atoms with Crippen molar-refractivity contribution < 1.29 is 29.3 Å². The summed E-state index contributed by atoms with van der Waals surface area (Å²) in [6, 6.07) is 0. The van der Waals surface area contributed by atoms with Crippen molar-refractivity contribution in [3.05, 3.63) is 16.7 Å². The number of cyclic esters (lactones) is 1. The normalized spacial score (nSPS) is 32.0. The Kier molecular flexibility index (Phi) is 3.78. The van der Waals surface area contributed by atoms with Gasteiger partial charge < -0.3 is 19.7 Å². The molecule has 1 saturated heterocycles. The van der Waals surface area contributed by atoms with E-state index >= 15 is 0 Å². The Morgan fingerprint density at radius 2 is 1.89 bits per heavy atom. The summed E-state index contributed by atoms with van der Waals surface area (Å²) in [5, 5.41) is 22.2. The number of ketones is 1. The third-order valence-electron chi connectivity index (χ3n) is 7.07. The zero-order valence-corrected chi connectivity index (χ0v) is 16.2. The molecule has 3 unspecified atom stereocenters. The fourth-order valence-electron chi connectivity index (χ4n) is 5.80. The highest BCUT2D eigenvalue weighted by Gasteiger charge is 2.64. The first kappa shape index (κ1) is 18.1. The van der Waals surface area contributed by atoms with E-state index < -0.39 is 10.8 Å². The number of carbonyl (C=O) groups excluding carboxylic acids is 2. The van der Waals surface area contributed by atoms with Crippen molar-refractivity contribution in [1.29, 1.82) is 0 Å². The molecule has 1 aromatic carbocycles. The third kappa shape index (κ3) is 2.07. The number of phenols is 2. The number of rotatable bonds is 2. The van der Waals surface area contributed by atoms with Crippen LogP contribution in [0.3, 0.4) is 0 Å². The predicted molar refractivity (Wildman–Crippen MR) is 97.4 cm³/mol. The van der Waals surface area contributed by atoms with E-state index in [4.69, 9.17) is 9.47 Å². The third-order valence-corrected chi connectivity index (χ3v) is 7.07. The molecule has 2 aliphatic carbocycles. The highest BCUT2D eigenvalue weighted by Crippen LogP contribution is 2.64. The van der Waals surface area contributed by atoms with Crippen molar-refractivity contribution in [1.82, 2.24) is 0 Å². The Hall–Kier alpha value is -2.24. The fraction of sp³-hybridized carbons (Fsp3) is 0.619. The molecule has 6 heteroatoms. The summed E-state index contributed by atoms with van der Waals surface area (Å²) < 4.78 is 11.0. The lowest BCUT2D eigenvalue weighted by Crippen LogP contribution is -2.61. The molecule has 1 aromatic rings. The first-order valence-electron chi connectivity index (χ1n) is 9.55. The van der Waals surface area contributed by atoms with Crippen LogP contribution < -0.4 is 4.74 Å². The highest BCUT2D eigenvalue weighted by molar-refractivity contribution is 6.04. The molecule has 1 heterocycles. The van der Waals surface area contributed by atoms with Gasteiger partial charge in [0.1, 0.15) is 12.4 Å². The summed E-state index contributed by atoms with van der Waals surface area (Å²) in [5.41, 5.74) is -0.413. The minimum atomic E-state index is -0.754. The summed E-state index contributed by atoms with van der Waals surface area (Å²) in [6.45, 7) is 5.72. The van der Waals surface area contributed by atoms with Crippen molar-refractivity contribution in [3.8, 4) is 17.2 Å². The Morgan fingerprint density at radius 1 is 1.19 bits per heavy atom. The van der Waals surface area contributed by atoms with Crippen LogP contribution in [0.25, 0.3) is 0 Å². The molecule has 0 aromatic heterocycles. The number of benzene rings is 1. The van der Waals surface area contributed by atoms with Gasteiger partial charge in [-0.1, -0.05) is 20.3 Å². The van der Waals surface area contributed by atoms with E-state index in [-0.39, 0.29) is 59.4 Å². The predicted octanol–water partition coefficient (Wildman–Crippen LogP) is 3.42. The van der Waals surface area contributed by atoms with Crippen LogP contribution in [-0.4, -0.2) is 35.7 Å². The summed E-state index contributed by atoms with van der Waals surface area (Å²) in [5.74, 6) is -0.904. The number of esters is 1. The smallest absolute Gasteiger partial charge is 0.312 e. The molecule has 27 heavy (non-hydrogen) atoms. The molecule has 0 amide bonds. The topological polar surface area (TPSA) is 93.1 Å². The van der Waals surface area contributed by atoms with Crippen LogP contribution >= 0.6 is 0 Å². The molecule has 0 radical (unpaired) electrons. The molecule has 3 atom stereocenters. The lowest BCUT2D eigenvalue weighted by Gasteiger charge is -2.57. The Balaban J connectivity index is 2.07. The van der Waals surface area contributed by atoms with E-state index in [2.05, 4.69) is 0 Å². The monoisotopic (exact) mass is 374 g/mol. The highest BCUT2D eigenvalue weighted by atomic mass is 16.5. The van der Waals surface area contributed by atoms with Crippen molar-refractivity contribution >= 4 is 11.8 Å². The standard InChI is InChI=1S/C21H26O6/c1-10(2)13-16(23)14-11(22)8-12-20(3)6-5-7-21(12,9-27-19(20)25)15(14)17(24)18(13)26-4/h10,12,23-24H,5-9H2,1-4H3. The number of carbonyl (C=O) groups is 2. The van der Waals surface area contributed by atoms with Crippen molar-refractivity contribution in [2.24, 2.45) is 11.3 Å². The number of aromatic hydroxyl groups is 2. The molecule has 2 N–H and O–H groups in total.